The molecule has 0 atom stereocenters. The fourth-order valence-corrected chi connectivity index (χ4v) is 0.874. The first-order valence-electron chi connectivity index (χ1n) is 2.45. The Morgan fingerprint density at radius 3 is 2.70 bits per heavy atom. The van der Waals surface area contributed by atoms with Crippen molar-refractivity contribution in [2.45, 2.75) is 6.92 Å². The molecule has 58 valence electrons. The molecule has 6 nitrogen and oxygen atoms in total. The molecule has 0 saturated carbocycles. The van der Waals surface area contributed by atoms with Crippen LogP contribution in [0.1, 0.15) is 6.92 Å². The summed E-state index contributed by atoms with van der Waals surface area (Å²) in [6.07, 6.45) is 2.93. The summed E-state index contributed by atoms with van der Waals surface area (Å²) in [5.41, 5.74) is 1.98. The molecule has 0 aliphatic carbocycles. The first-order chi connectivity index (χ1) is 4.64. The van der Waals surface area contributed by atoms with Crippen molar-refractivity contribution >= 4 is 10.4 Å². The van der Waals surface area contributed by atoms with Crippen LogP contribution in [0.2, 0.25) is 0 Å². The van der Waals surface area contributed by atoms with Gasteiger partial charge in [0.15, 0.2) is 0 Å². The maximum atomic E-state index is 10.3. The number of nitrogens with one attached hydrogen (secondary N) is 1. The second-order valence-electron chi connectivity index (χ2n) is 1.47. The lowest BCUT2D eigenvalue weighted by atomic mass is 10.7. The van der Waals surface area contributed by atoms with Gasteiger partial charge in [0.1, 0.15) is 0 Å². The Morgan fingerprint density at radius 2 is 2.30 bits per heavy atom. The molecule has 1 aliphatic heterocycles. The average Bonchev–Trinajstić information content (AvgIpc) is 2.12. The SMILES string of the molecule is C/C=C/N1NOS(=O)(=O)O1. The van der Waals surface area contributed by atoms with Gasteiger partial charge >= 0.3 is 10.4 Å². The summed E-state index contributed by atoms with van der Waals surface area (Å²) in [6.45, 7) is 1.70. The number of hydrogen-bond acceptors (Lipinski definition) is 6. The van der Waals surface area contributed by atoms with E-state index in [1.165, 1.54) is 6.20 Å². The number of hydroxylamine groups is 1. The lowest BCUT2D eigenvalue weighted by Gasteiger charge is -2.01. The van der Waals surface area contributed by atoms with Crippen LogP contribution >= 0.6 is 0 Å². The molecule has 1 saturated heterocycles. The smallest absolute Gasteiger partial charge is 0.165 e. The summed E-state index contributed by atoms with van der Waals surface area (Å²) < 4.78 is 28.8. The number of hydrogen-bond donors (Lipinski definition) is 1. The maximum Gasteiger partial charge on any atom is 0.440 e. The van der Waals surface area contributed by atoms with E-state index in [0.717, 1.165) is 5.17 Å². The van der Waals surface area contributed by atoms with Crippen LogP contribution in [0.15, 0.2) is 12.3 Å². The van der Waals surface area contributed by atoms with E-state index in [0.29, 0.717) is 0 Å². The molecule has 0 aromatic rings. The van der Waals surface area contributed by atoms with E-state index >= 15 is 0 Å². The van der Waals surface area contributed by atoms with Crippen molar-refractivity contribution in [3.8, 4) is 0 Å². The van der Waals surface area contributed by atoms with Crippen molar-refractivity contribution in [3.63, 3.8) is 0 Å². The maximum absolute atomic E-state index is 10.3. The average molecular weight is 166 g/mol. The highest BCUT2D eigenvalue weighted by Crippen LogP contribution is 2.05. The molecule has 0 radical (unpaired) electrons. The summed E-state index contributed by atoms with van der Waals surface area (Å²) in [7, 11) is -3.85. The Bertz CT molecular complexity index is 233. The minimum atomic E-state index is -3.85. The van der Waals surface area contributed by atoms with Gasteiger partial charge in [0.25, 0.3) is 0 Å². The lowest BCUT2D eigenvalue weighted by Crippen LogP contribution is -2.22. The third kappa shape index (κ3) is 1.67. The number of nitrogens with zero attached hydrogens (tertiary/aromatic N) is 1. The molecule has 1 rings (SSSR count). The van der Waals surface area contributed by atoms with Gasteiger partial charge in [-0.25, -0.2) is 0 Å². The second kappa shape index (κ2) is 2.54. The lowest BCUT2D eigenvalue weighted by molar-refractivity contribution is -0.0652. The number of allylic oxidation sites excluding steroid dienone is 1. The van der Waals surface area contributed by atoms with Gasteiger partial charge in [0.05, 0.1) is 0 Å². The van der Waals surface area contributed by atoms with E-state index in [9.17, 15) is 8.42 Å². The minimum Gasteiger partial charge on any atom is -0.165 e. The zero-order chi connectivity index (χ0) is 7.61. The Labute approximate surface area is 58.2 Å². The van der Waals surface area contributed by atoms with E-state index < -0.39 is 10.4 Å². The largest absolute Gasteiger partial charge is 0.440 e. The third-order valence-electron chi connectivity index (χ3n) is 0.685. The molecule has 1 heterocycles. The van der Waals surface area contributed by atoms with Crippen LogP contribution in [0.3, 0.4) is 0 Å². The Kier molecular flexibility index (Phi) is 1.90. The fourth-order valence-electron chi connectivity index (χ4n) is 0.402. The standard InChI is InChI=1S/C3H6N2O4S/c1-2-3-5-4-8-10(6,7)9-5/h2-4H,1H3/b3-2+. The monoisotopic (exact) mass is 166 g/mol. The predicted octanol–water partition coefficient (Wildman–Crippen LogP) is -0.552. The van der Waals surface area contributed by atoms with E-state index in [2.05, 4.69) is 8.57 Å². The molecule has 7 heteroatoms. The van der Waals surface area contributed by atoms with Crippen LogP contribution in [-0.2, 0) is 19.0 Å². The molecule has 0 unspecified atom stereocenters. The summed E-state index contributed by atoms with van der Waals surface area (Å²) in [5.74, 6) is 0. The fraction of sp³-hybridized carbons (Fsp3) is 0.333. The van der Waals surface area contributed by atoms with Gasteiger partial charge in [0, 0.05) is 6.20 Å². The number of rotatable bonds is 1. The van der Waals surface area contributed by atoms with E-state index in [1.54, 1.807) is 13.0 Å². The molecule has 0 bridgehead atoms. The molecule has 0 aromatic carbocycles. The van der Waals surface area contributed by atoms with Crippen molar-refractivity contribution < 1.29 is 17.0 Å². The minimum absolute atomic E-state index is 0.829. The molecule has 1 fully saturated rings. The van der Waals surface area contributed by atoms with Crippen LogP contribution in [0.4, 0.5) is 0 Å². The first-order valence-corrected chi connectivity index (χ1v) is 3.78. The molecular weight excluding hydrogens is 160 g/mol. The van der Waals surface area contributed by atoms with Crippen molar-refractivity contribution in [2.24, 2.45) is 0 Å². The van der Waals surface area contributed by atoms with Gasteiger partial charge in [-0.05, 0) is 6.92 Å². The summed E-state index contributed by atoms with van der Waals surface area (Å²) in [5, 5.41) is 0.829. The predicted molar refractivity (Wildman–Crippen MR) is 30.9 cm³/mol. The van der Waals surface area contributed by atoms with Crippen LogP contribution in [0, 0.1) is 0 Å². The first kappa shape index (κ1) is 7.48. The van der Waals surface area contributed by atoms with Crippen molar-refractivity contribution in [3.05, 3.63) is 12.3 Å². The highest BCUT2D eigenvalue weighted by Gasteiger charge is 2.25. The molecule has 0 aromatic heterocycles. The normalized spacial score (nSPS) is 24.3. The van der Waals surface area contributed by atoms with Gasteiger partial charge in [-0.1, -0.05) is 11.7 Å². The van der Waals surface area contributed by atoms with Gasteiger partial charge in [-0.3, -0.25) is 0 Å². The summed E-state index contributed by atoms with van der Waals surface area (Å²) in [6, 6.07) is 0. The van der Waals surface area contributed by atoms with Gasteiger partial charge in [-0.2, -0.15) is 8.42 Å². The van der Waals surface area contributed by atoms with E-state index in [-0.39, 0.29) is 0 Å². The highest BCUT2D eigenvalue weighted by atomic mass is 32.3. The molecule has 10 heavy (non-hydrogen) atoms. The van der Waals surface area contributed by atoms with E-state index in [4.69, 9.17) is 0 Å². The van der Waals surface area contributed by atoms with E-state index in [1.807, 2.05) is 5.59 Å². The van der Waals surface area contributed by atoms with Crippen LogP contribution in [-0.4, -0.2) is 13.6 Å². The topological polar surface area (TPSA) is 67.9 Å². The Balaban J connectivity index is 2.60. The zero-order valence-corrected chi connectivity index (χ0v) is 5.96. The molecule has 1 N–H and O–H groups in total. The van der Waals surface area contributed by atoms with Crippen LogP contribution in [0.5, 0.6) is 0 Å². The van der Waals surface area contributed by atoms with Gasteiger partial charge in [-0.15, -0.1) is 13.7 Å². The summed E-state index contributed by atoms with van der Waals surface area (Å²) >= 11 is 0. The molecule has 1 aliphatic rings. The molecule has 0 spiro atoms. The van der Waals surface area contributed by atoms with Gasteiger partial charge in [0.2, 0.25) is 0 Å². The molecular formula is C3H6N2O4S. The Hall–Kier alpha value is -0.630. The van der Waals surface area contributed by atoms with Crippen molar-refractivity contribution in [2.75, 3.05) is 0 Å². The van der Waals surface area contributed by atoms with Crippen molar-refractivity contribution in [1.82, 2.24) is 10.8 Å². The van der Waals surface area contributed by atoms with Crippen molar-refractivity contribution in [1.29, 1.82) is 0 Å². The molecule has 0 amide bonds. The summed E-state index contributed by atoms with van der Waals surface area (Å²) in [4.78, 5) is 0. The second-order valence-corrected chi connectivity index (χ2v) is 2.60. The van der Waals surface area contributed by atoms with Crippen LogP contribution in [0.25, 0.3) is 0 Å². The Morgan fingerprint density at radius 1 is 1.60 bits per heavy atom. The van der Waals surface area contributed by atoms with Crippen LogP contribution < -0.4 is 5.59 Å². The quantitative estimate of drug-likeness (QED) is 0.563. The number of hydrazine groups is 1. The van der Waals surface area contributed by atoms with Gasteiger partial charge < -0.3 is 0 Å². The third-order valence-corrected chi connectivity index (χ3v) is 1.31. The zero-order valence-electron chi connectivity index (χ0n) is 5.14. The highest BCUT2D eigenvalue weighted by molar-refractivity contribution is 7.81.